The Balaban J connectivity index is 2.21. The number of hydrogen-bond acceptors (Lipinski definition) is 5. The molecule has 180 valence electrons. The summed E-state index contributed by atoms with van der Waals surface area (Å²) in [5, 5.41) is 2.55. The lowest BCUT2D eigenvalue weighted by Crippen LogP contribution is -2.58. The normalized spacial score (nSPS) is 28.8. The van der Waals surface area contributed by atoms with E-state index in [1.165, 1.54) is 0 Å². The van der Waals surface area contributed by atoms with Crippen molar-refractivity contribution in [2.24, 2.45) is 0 Å². The Hall–Kier alpha value is -0.266. The Kier molecular flexibility index (Phi) is 7.98. The molecule has 2 aliphatic rings. The van der Waals surface area contributed by atoms with Crippen LogP contribution < -0.4 is 5.32 Å². The minimum absolute atomic E-state index is 0.0613. The standard InChI is InChI=1S/C21H41BrN2O5Si2/c1-20(2,3)30(7,8)27-13-16-15(29-31(9,10)21(4,5)6)11-17(28-16)24-12-14(22)18(25)23-19(24)26/h14-17H,11-13H2,1-10H3,(H,23,25,26)/t14?,15?,16-,17-/m1/s1. The summed E-state index contributed by atoms with van der Waals surface area (Å²) in [4.78, 5) is 25.4. The van der Waals surface area contributed by atoms with E-state index < -0.39 is 33.7 Å². The van der Waals surface area contributed by atoms with Gasteiger partial charge in [-0.15, -0.1) is 0 Å². The van der Waals surface area contributed by atoms with Crippen molar-refractivity contribution < 1.29 is 23.2 Å². The van der Waals surface area contributed by atoms with Crippen LogP contribution in [0.5, 0.6) is 0 Å². The van der Waals surface area contributed by atoms with Gasteiger partial charge in [-0.2, -0.15) is 0 Å². The molecule has 2 rings (SSSR count). The Morgan fingerprint density at radius 3 is 2.13 bits per heavy atom. The fraction of sp³-hybridized carbons (Fsp3) is 0.905. The Morgan fingerprint density at radius 2 is 1.61 bits per heavy atom. The van der Waals surface area contributed by atoms with E-state index in [0.717, 1.165) is 0 Å². The number of imide groups is 1. The first-order chi connectivity index (χ1) is 13.9. The zero-order valence-corrected chi connectivity index (χ0v) is 24.4. The first kappa shape index (κ1) is 27.0. The maximum absolute atomic E-state index is 12.5. The molecule has 2 fully saturated rings. The molecule has 0 aliphatic carbocycles. The minimum Gasteiger partial charge on any atom is -0.414 e. The number of alkyl halides is 1. The molecule has 0 aromatic heterocycles. The summed E-state index contributed by atoms with van der Waals surface area (Å²) < 4.78 is 19.6. The van der Waals surface area contributed by atoms with Gasteiger partial charge in [0.25, 0.3) is 0 Å². The van der Waals surface area contributed by atoms with E-state index in [0.29, 0.717) is 13.0 Å². The number of carbonyl (C=O) groups excluding carboxylic acids is 2. The van der Waals surface area contributed by atoms with Gasteiger partial charge in [0.05, 0.1) is 12.7 Å². The lowest BCUT2D eigenvalue weighted by atomic mass is 10.2. The summed E-state index contributed by atoms with van der Waals surface area (Å²) in [5.74, 6) is -0.314. The molecule has 7 nitrogen and oxygen atoms in total. The molecule has 2 heterocycles. The number of halogens is 1. The van der Waals surface area contributed by atoms with E-state index in [1.54, 1.807) is 4.90 Å². The number of hydrogen-bond donors (Lipinski definition) is 1. The van der Waals surface area contributed by atoms with Crippen LogP contribution >= 0.6 is 15.9 Å². The van der Waals surface area contributed by atoms with E-state index >= 15 is 0 Å². The molecule has 0 aromatic rings. The minimum atomic E-state index is -2.05. The van der Waals surface area contributed by atoms with Gasteiger partial charge in [0.15, 0.2) is 16.6 Å². The molecule has 10 heteroatoms. The molecule has 0 bridgehead atoms. The number of carbonyl (C=O) groups is 2. The zero-order chi connectivity index (χ0) is 24.0. The maximum atomic E-state index is 12.5. The lowest BCUT2D eigenvalue weighted by molar-refractivity contribution is -0.123. The van der Waals surface area contributed by atoms with Crippen LogP contribution in [0.25, 0.3) is 0 Å². The highest BCUT2D eigenvalue weighted by atomic mass is 79.9. The van der Waals surface area contributed by atoms with Gasteiger partial charge in [-0.3, -0.25) is 15.0 Å². The Morgan fingerprint density at radius 1 is 1.06 bits per heavy atom. The van der Waals surface area contributed by atoms with E-state index in [2.05, 4.69) is 89.0 Å². The number of rotatable bonds is 6. The van der Waals surface area contributed by atoms with Gasteiger partial charge in [0.2, 0.25) is 5.91 Å². The predicted octanol–water partition coefficient (Wildman–Crippen LogP) is 4.83. The van der Waals surface area contributed by atoms with Crippen molar-refractivity contribution in [1.29, 1.82) is 0 Å². The Labute approximate surface area is 198 Å². The molecule has 0 spiro atoms. The van der Waals surface area contributed by atoms with Crippen molar-refractivity contribution in [2.75, 3.05) is 13.2 Å². The number of nitrogens with one attached hydrogen (secondary N) is 1. The van der Waals surface area contributed by atoms with Crippen molar-refractivity contribution in [2.45, 2.75) is 107 Å². The third kappa shape index (κ3) is 6.20. The van der Waals surface area contributed by atoms with Crippen LogP contribution in [-0.2, 0) is 18.4 Å². The molecule has 2 aliphatic heterocycles. The highest BCUT2D eigenvalue weighted by molar-refractivity contribution is 9.10. The average molecular weight is 538 g/mol. The van der Waals surface area contributed by atoms with Gasteiger partial charge in [0, 0.05) is 13.0 Å². The number of ether oxygens (including phenoxy) is 1. The van der Waals surface area contributed by atoms with Crippen molar-refractivity contribution in [3.63, 3.8) is 0 Å². The third-order valence-electron chi connectivity index (χ3n) is 7.33. The fourth-order valence-electron chi connectivity index (χ4n) is 3.07. The first-order valence-electron chi connectivity index (χ1n) is 11.1. The molecule has 0 aromatic carbocycles. The summed E-state index contributed by atoms with van der Waals surface area (Å²) in [6.45, 7) is 22.9. The molecule has 4 atom stereocenters. The van der Waals surface area contributed by atoms with Gasteiger partial charge in [-0.1, -0.05) is 57.5 Å². The highest BCUT2D eigenvalue weighted by Gasteiger charge is 2.49. The van der Waals surface area contributed by atoms with Crippen molar-refractivity contribution in [1.82, 2.24) is 10.2 Å². The van der Waals surface area contributed by atoms with Crippen LogP contribution in [0, 0.1) is 0 Å². The van der Waals surface area contributed by atoms with Gasteiger partial charge in [0.1, 0.15) is 17.2 Å². The SMILES string of the molecule is CC(C)(C)[Si](C)(C)OC[C@H]1O[C@@H](N2CC(Br)C(=O)NC2=O)CC1O[Si](C)(C)C(C)(C)C. The summed E-state index contributed by atoms with van der Waals surface area (Å²) in [6, 6.07) is -0.414. The molecular weight excluding hydrogens is 496 g/mol. The van der Waals surface area contributed by atoms with E-state index in [9.17, 15) is 9.59 Å². The molecule has 0 radical (unpaired) electrons. The highest BCUT2D eigenvalue weighted by Crippen LogP contribution is 2.41. The molecule has 2 saturated heterocycles. The second-order valence-electron chi connectivity index (χ2n) is 11.8. The quantitative estimate of drug-likeness (QED) is 0.388. The average Bonchev–Trinajstić information content (AvgIpc) is 2.96. The summed E-state index contributed by atoms with van der Waals surface area (Å²) in [7, 11) is -4.01. The number of amides is 3. The smallest absolute Gasteiger partial charge is 0.326 e. The van der Waals surface area contributed by atoms with Gasteiger partial charge in [-0.05, 0) is 36.3 Å². The summed E-state index contributed by atoms with van der Waals surface area (Å²) in [5.41, 5.74) is 0. The van der Waals surface area contributed by atoms with Crippen LogP contribution in [0.15, 0.2) is 0 Å². The van der Waals surface area contributed by atoms with Crippen LogP contribution in [0.3, 0.4) is 0 Å². The third-order valence-corrected chi connectivity index (χ3v) is 17.0. The molecule has 31 heavy (non-hydrogen) atoms. The summed E-state index contributed by atoms with van der Waals surface area (Å²) >= 11 is 3.35. The molecule has 2 unspecified atom stereocenters. The van der Waals surface area contributed by atoms with E-state index in [1.807, 2.05) is 0 Å². The zero-order valence-electron chi connectivity index (χ0n) is 20.8. The predicted molar refractivity (Wildman–Crippen MR) is 131 cm³/mol. The van der Waals surface area contributed by atoms with E-state index in [4.69, 9.17) is 13.6 Å². The van der Waals surface area contributed by atoms with Gasteiger partial charge < -0.3 is 13.6 Å². The van der Waals surface area contributed by atoms with Crippen molar-refractivity contribution in [3.05, 3.63) is 0 Å². The molecular formula is C21H41BrN2O5Si2. The molecule has 1 N–H and O–H groups in total. The van der Waals surface area contributed by atoms with Gasteiger partial charge >= 0.3 is 6.03 Å². The van der Waals surface area contributed by atoms with Crippen molar-refractivity contribution in [3.8, 4) is 0 Å². The van der Waals surface area contributed by atoms with Crippen LogP contribution in [0.2, 0.25) is 36.3 Å². The number of urea groups is 1. The lowest BCUT2D eigenvalue weighted by Gasteiger charge is -2.40. The van der Waals surface area contributed by atoms with Crippen LogP contribution in [0.1, 0.15) is 48.0 Å². The molecule has 0 saturated carbocycles. The van der Waals surface area contributed by atoms with Crippen molar-refractivity contribution >= 4 is 44.5 Å². The first-order valence-corrected chi connectivity index (χ1v) is 17.8. The topological polar surface area (TPSA) is 77.1 Å². The Bertz CT molecular complexity index is 690. The second kappa shape index (κ2) is 9.17. The van der Waals surface area contributed by atoms with Gasteiger partial charge in [-0.25, -0.2) is 4.79 Å². The monoisotopic (exact) mass is 536 g/mol. The number of nitrogens with zero attached hydrogens (tertiary/aromatic N) is 1. The second-order valence-corrected chi connectivity index (χ2v) is 22.4. The fourth-order valence-corrected chi connectivity index (χ4v) is 5.87. The largest absolute Gasteiger partial charge is 0.414 e. The van der Waals surface area contributed by atoms with E-state index in [-0.39, 0.29) is 34.7 Å². The summed E-state index contributed by atoms with van der Waals surface area (Å²) in [6.07, 6.45) is -0.294. The maximum Gasteiger partial charge on any atom is 0.326 e. The van der Waals surface area contributed by atoms with Crippen LogP contribution in [0.4, 0.5) is 4.79 Å². The van der Waals surface area contributed by atoms with Crippen LogP contribution in [-0.4, -0.2) is 69.9 Å². The molecule has 3 amide bonds.